The zero-order valence-corrected chi connectivity index (χ0v) is 13.3. The van der Waals surface area contributed by atoms with Gasteiger partial charge in [-0.2, -0.15) is 0 Å². The highest BCUT2D eigenvalue weighted by atomic mass is 35.5. The van der Waals surface area contributed by atoms with Crippen LogP contribution in [0.15, 0.2) is 17.1 Å². The van der Waals surface area contributed by atoms with Crippen LogP contribution in [0.1, 0.15) is 37.2 Å². The Hall–Kier alpha value is -0.780. The van der Waals surface area contributed by atoms with Gasteiger partial charge in [0.15, 0.2) is 5.96 Å². The van der Waals surface area contributed by atoms with E-state index in [9.17, 15) is 5.11 Å². The van der Waals surface area contributed by atoms with E-state index in [4.69, 9.17) is 11.6 Å². The van der Waals surface area contributed by atoms with E-state index in [0.717, 1.165) is 29.8 Å². The summed E-state index contributed by atoms with van der Waals surface area (Å²) in [6.45, 7) is 4.14. The highest BCUT2D eigenvalue weighted by molar-refractivity contribution is 7.16. The molecule has 0 spiro atoms. The number of aliphatic hydroxyl groups excluding tert-OH is 1. The summed E-state index contributed by atoms with van der Waals surface area (Å²) in [6, 6.07) is 3.65. The van der Waals surface area contributed by atoms with Crippen LogP contribution in [0.3, 0.4) is 0 Å². The molecule has 1 aromatic heterocycles. The molecule has 0 aliphatic heterocycles. The topological polar surface area (TPSA) is 56.7 Å². The molecule has 20 heavy (non-hydrogen) atoms. The molecule has 1 aliphatic rings. The fraction of sp³-hybridized carbons (Fsp3) is 0.643. The van der Waals surface area contributed by atoms with Gasteiger partial charge in [-0.05, 0) is 31.4 Å². The predicted molar refractivity (Wildman–Crippen MR) is 85.6 cm³/mol. The number of thiophene rings is 1. The number of nitrogens with zero attached hydrogens (tertiary/aromatic N) is 1. The van der Waals surface area contributed by atoms with Gasteiger partial charge in [-0.1, -0.05) is 24.4 Å². The maximum Gasteiger partial charge on any atom is 0.191 e. The standard InChI is InChI=1S/C14H22ClN3OS/c1-2-16-14(17-8-7-10-3-4-10)18-9-11(19)12-5-6-13(15)20-12/h5-6,10-11,19H,2-4,7-9H2,1H3,(H2,16,17,18). The normalized spacial score (nSPS) is 17.1. The lowest BCUT2D eigenvalue weighted by Gasteiger charge is -2.12. The van der Waals surface area contributed by atoms with Gasteiger partial charge < -0.3 is 15.7 Å². The van der Waals surface area contributed by atoms with E-state index < -0.39 is 6.10 Å². The largest absolute Gasteiger partial charge is 0.386 e. The molecule has 1 heterocycles. The van der Waals surface area contributed by atoms with Crippen LogP contribution in [0, 0.1) is 5.92 Å². The summed E-state index contributed by atoms with van der Waals surface area (Å²) in [7, 11) is 0. The van der Waals surface area contributed by atoms with Crippen LogP contribution >= 0.6 is 22.9 Å². The molecule has 1 aromatic rings. The Balaban J connectivity index is 1.80. The van der Waals surface area contributed by atoms with Crippen LogP contribution in [0.2, 0.25) is 4.34 Å². The molecule has 0 bridgehead atoms. The molecule has 1 aliphatic carbocycles. The zero-order valence-electron chi connectivity index (χ0n) is 11.7. The van der Waals surface area contributed by atoms with Gasteiger partial charge in [0.2, 0.25) is 0 Å². The minimum absolute atomic E-state index is 0.343. The van der Waals surface area contributed by atoms with E-state index in [1.165, 1.54) is 30.6 Å². The third kappa shape index (κ3) is 5.31. The van der Waals surface area contributed by atoms with Crippen molar-refractivity contribution in [1.82, 2.24) is 10.6 Å². The Labute approximate surface area is 129 Å². The average molecular weight is 316 g/mol. The quantitative estimate of drug-likeness (QED) is 0.536. The zero-order chi connectivity index (χ0) is 14.4. The van der Waals surface area contributed by atoms with Crippen LogP contribution in [0.4, 0.5) is 0 Å². The van der Waals surface area contributed by atoms with E-state index in [0.29, 0.717) is 10.9 Å². The van der Waals surface area contributed by atoms with Crippen LogP contribution in [-0.4, -0.2) is 30.7 Å². The van der Waals surface area contributed by atoms with Crippen molar-refractivity contribution in [3.05, 3.63) is 21.3 Å². The molecule has 6 heteroatoms. The summed E-state index contributed by atoms with van der Waals surface area (Å²) in [4.78, 5) is 5.28. The predicted octanol–water partition coefficient (Wildman–Crippen LogP) is 2.79. The van der Waals surface area contributed by atoms with Crippen molar-refractivity contribution in [1.29, 1.82) is 0 Å². The third-order valence-corrected chi connectivity index (χ3v) is 4.56. The smallest absolute Gasteiger partial charge is 0.191 e. The van der Waals surface area contributed by atoms with E-state index >= 15 is 0 Å². The van der Waals surface area contributed by atoms with E-state index in [1.807, 2.05) is 13.0 Å². The summed E-state index contributed by atoms with van der Waals surface area (Å²) < 4.78 is 0.692. The number of hydrogen-bond acceptors (Lipinski definition) is 3. The van der Waals surface area contributed by atoms with Gasteiger partial charge in [-0.3, -0.25) is 4.99 Å². The first kappa shape index (κ1) is 15.6. The Morgan fingerprint density at radius 3 is 2.90 bits per heavy atom. The van der Waals surface area contributed by atoms with Gasteiger partial charge in [0.25, 0.3) is 0 Å². The van der Waals surface area contributed by atoms with Crippen LogP contribution < -0.4 is 10.6 Å². The second-order valence-corrected chi connectivity index (χ2v) is 6.78. The Kier molecular flexibility index (Phi) is 6.13. The lowest BCUT2D eigenvalue weighted by atomic mass is 10.3. The fourth-order valence-electron chi connectivity index (χ4n) is 1.92. The van der Waals surface area contributed by atoms with Gasteiger partial charge in [0.1, 0.15) is 6.10 Å². The van der Waals surface area contributed by atoms with Crippen molar-refractivity contribution < 1.29 is 5.11 Å². The minimum Gasteiger partial charge on any atom is -0.386 e. The molecule has 0 amide bonds. The second kappa shape index (κ2) is 7.86. The number of guanidine groups is 1. The Morgan fingerprint density at radius 1 is 1.50 bits per heavy atom. The first-order valence-electron chi connectivity index (χ1n) is 7.14. The fourth-order valence-corrected chi connectivity index (χ4v) is 2.96. The highest BCUT2D eigenvalue weighted by Crippen LogP contribution is 2.31. The molecule has 1 atom stereocenters. The lowest BCUT2D eigenvalue weighted by molar-refractivity contribution is 0.191. The number of hydrogen-bond donors (Lipinski definition) is 3. The lowest BCUT2D eigenvalue weighted by Crippen LogP contribution is -2.38. The molecule has 1 saturated carbocycles. The van der Waals surface area contributed by atoms with Crippen molar-refractivity contribution in [2.75, 3.05) is 19.6 Å². The summed E-state index contributed by atoms with van der Waals surface area (Å²) in [5, 5.41) is 16.6. The van der Waals surface area contributed by atoms with Crippen molar-refractivity contribution in [3.8, 4) is 0 Å². The SMILES string of the molecule is CCNC(=NCC(O)c1ccc(Cl)s1)NCCC1CC1. The number of aliphatic imine (C=N–C) groups is 1. The molecule has 3 N–H and O–H groups in total. The van der Waals surface area contributed by atoms with E-state index in [2.05, 4.69) is 15.6 Å². The minimum atomic E-state index is -0.591. The molecule has 0 saturated heterocycles. The summed E-state index contributed by atoms with van der Waals surface area (Å²) in [6.07, 6.45) is 3.35. The summed E-state index contributed by atoms with van der Waals surface area (Å²) in [5.41, 5.74) is 0. The monoisotopic (exact) mass is 315 g/mol. The molecule has 1 fully saturated rings. The number of nitrogens with one attached hydrogen (secondary N) is 2. The van der Waals surface area contributed by atoms with Gasteiger partial charge in [-0.15, -0.1) is 11.3 Å². The summed E-state index contributed by atoms with van der Waals surface area (Å²) in [5.74, 6) is 1.68. The molecular formula is C14H22ClN3OS. The molecule has 4 nitrogen and oxygen atoms in total. The highest BCUT2D eigenvalue weighted by Gasteiger charge is 2.20. The number of halogens is 1. The first-order chi connectivity index (χ1) is 9.69. The Morgan fingerprint density at radius 2 is 2.30 bits per heavy atom. The average Bonchev–Trinajstić information content (AvgIpc) is 3.15. The molecule has 1 unspecified atom stereocenters. The molecule has 112 valence electrons. The van der Waals surface area contributed by atoms with Gasteiger partial charge in [0.05, 0.1) is 10.9 Å². The van der Waals surface area contributed by atoms with Crippen LogP contribution in [0.25, 0.3) is 0 Å². The van der Waals surface area contributed by atoms with Crippen LogP contribution in [0.5, 0.6) is 0 Å². The molecule has 0 radical (unpaired) electrons. The van der Waals surface area contributed by atoms with Gasteiger partial charge in [-0.25, -0.2) is 0 Å². The van der Waals surface area contributed by atoms with Crippen molar-refractivity contribution in [3.63, 3.8) is 0 Å². The molecule has 0 aromatic carbocycles. The van der Waals surface area contributed by atoms with E-state index in [-0.39, 0.29) is 0 Å². The maximum atomic E-state index is 10.1. The molecular weight excluding hydrogens is 294 g/mol. The third-order valence-electron chi connectivity index (χ3n) is 3.23. The van der Waals surface area contributed by atoms with Crippen molar-refractivity contribution >= 4 is 28.9 Å². The van der Waals surface area contributed by atoms with Gasteiger partial charge >= 0.3 is 0 Å². The number of rotatable bonds is 7. The summed E-state index contributed by atoms with van der Waals surface area (Å²) >= 11 is 7.26. The second-order valence-electron chi connectivity index (χ2n) is 5.04. The first-order valence-corrected chi connectivity index (χ1v) is 8.34. The van der Waals surface area contributed by atoms with Crippen LogP contribution in [-0.2, 0) is 0 Å². The maximum absolute atomic E-state index is 10.1. The Bertz CT molecular complexity index is 445. The van der Waals surface area contributed by atoms with E-state index in [1.54, 1.807) is 6.07 Å². The number of aliphatic hydroxyl groups is 1. The van der Waals surface area contributed by atoms with Crippen molar-refractivity contribution in [2.24, 2.45) is 10.9 Å². The van der Waals surface area contributed by atoms with Crippen molar-refractivity contribution in [2.45, 2.75) is 32.3 Å². The molecule has 2 rings (SSSR count). The van der Waals surface area contributed by atoms with Gasteiger partial charge in [0, 0.05) is 18.0 Å².